The van der Waals surface area contributed by atoms with Crippen LogP contribution in [-0.4, -0.2) is 48.1 Å². The molecular weight excluding hydrogens is 270 g/mol. The molecular formula is C6H13Br2MgN. The van der Waals surface area contributed by atoms with Crippen molar-refractivity contribution in [3.8, 4) is 0 Å². The minimum atomic E-state index is 0. The van der Waals surface area contributed by atoms with Crippen LogP contribution in [0.15, 0.2) is 0 Å². The molecule has 1 fully saturated rings. The molecule has 1 nitrogen and oxygen atoms in total. The molecule has 1 aliphatic heterocycles. The van der Waals surface area contributed by atoms with Gasteiger partial charge in [0.2, 0.25) is 0 Å². The third-order valence-electron chi connectivity index (χ3n) is 1.58. The standard InChI is InChI=1S/C6H13N.2BrH.Mg/c1-7-5-3-2-4-6-7;;;/h2-6H2,1H3;2*1H;/q;;;+2/p-2. The number of hydrogen-bond acceptors (Lipinski definition) is 1. The Morgan fingerprint density at radius 3 is 1.50 bits per heavy atom. The zero-order chi connectivity index (χ0) is 5.11. The van der Waals surface area contributed by atoms with E-state index in [2.05, 4.69) is 11.9 Å². The molecule has 0 aromatic rings. The largest absolute Gasteiger partial charge is 2.00 e. The summed E-state index contributed by atoms with van der Waals surface area (Å²) >= 11 is 0. The monoisotopic (exact) mass is 281 g/mol. The summed E-state index contributed by atoms with van der Waals surface area (Å²) in [5.41, 5.74) is 0. The summed E-state index contributed by atoms with van der Waals surface area (Å²) in [5, 5.41) is 0. The second kappa shape index (κ2) is 10.7. The van der Waals surface area contributed by atoms with Gasteiger partial charge in [-0.1, -0.05) is 6.42 Å². The molecule has 58 valence electrons. The van der Waals surface area contributed by atoms with E-state index in [4.69, 9.17) is 0 Å². The maximum absolute atomic E-state index is 2.39. The van der Waals surface area contributed by atoms with Crippen LogP contribution in [0.1, 0.15) is 19.3 Å². The van der Waals surface area contributed by atoms with E-state index in [1.807, 2.05) is 0 Å². The summed E-state index contributed by atoms with van der Waals surface area (Å²) in [5.74, 6) is 0. The van der Waals surface area contributed by atoms with Crippen LogP contribution < -0.4 is 34.0 Å². The molecule has 1 saturated heterocycles. The van der Waals surface area contributed by atoms with Crippen LogP contribution >= 0.6 is 0 Å². The number of nitrogens with zero attached hydrogens (tertiary/aromatic N) is 1. The van der Waals surface area contributed by atoms with Crippen molar-refractivity contribution >= 4 is 23.1 Å². The Morgan fingerprint density at radius 2 is 1.30 bits per heavy atom. The van der Waals surface area contributed by atoms with E-state index in [9.17, 15) is 0 Å². The number of likely N-dealkylation sites (tertiary alicyclic amines) is 1. The Hall–Kier alpha value is 1.69. The van der Waals surface area contributed by atoms with Gasteiger partial charge in [-0.3, -0.25) is 0 Å². The predicted molar refractivity (Wildman–Crippen MR) is 37.1 cm³/mol. The molecule has 0 radical (unpaired) electrons. The van der Waals surface area contributed by atoms with Gasteiger partial charge < -0.3 is 38.9 Å². The number of rotatable bonds is 0. The van der Waals surface area contributed by atoms with Crippen LogP contribution in [0.4, 0.5) is 0 Å². The minimum Gasteiger partial charge on any atom is -1.00 e. The van der Waals surface area contributed by atoms with E-state index < -0.39 is 0 Å². The fourth-order valence-corrected chi connectivity index (χ4v) is 1.05. The summed E-state index contributed by atoms with van der Waals surface area (Å²) in [6.07, 6.45) is 4.28. The Balaban J connectivity index is -0.000000163. The predicted octanol–water partition coefficient (Wildman–Crippen LogP) is -5.27. The van der Waals surface area contributed by atoms with Crippen LogP contribution in [0.5, 0.6) is 0 Å². The topological polar surface area (TPSA) is 3.24 Å². The molecule has 10 heavy (non-hydrogen) atoms. The van der Waals surface area contributed by atoms with Gasteiger partial charge in [-0.15, -0.1) is 0 Å². The fourth-order valence-electron chi connectivity index (χ4n) is 1.05. The summed E-state index contributed by atoms with van der Waals surface area (Å²) in [4.78, 5) is 2.39. The molecule has 0 spiro atoms. The van der Waals surface area contributed by atoms with Gasteiger partial charge in [-0.2, -0.15) is 0 Å². The summed E-state index contributed by atoms with van der Waals surface area (Å²) in [6, 6.07) is 0. The Morgan fingerprint density at radius 1 is 0.900 bits per heavy atom. The molecule has 4 heteroatoms. The van der Waals surface area contributed by atoms with Crippen molar-refractivity contribution in [1.29, 1.82) is 0 Å². The van der Waals surface area contributed by atoms with Gasteiger partial charge in [0.1, 0.15) is 0 Å². The molecule has 1 rings (SSSR count). The first-order chi connectivity index (χ1) is 3.39. The molecule has 0 unspecified atom stereocenters. The number of hydrogen-bond donors (Lipinski definition) is 0. The fraction of sp³-hybridized carbons (Fsp3) is 1.00. The van der Waals surface area contributed by atoms with E-state index in [1.165, 1.54) is 32.4 Å². The van der Waals surface area contributed by atoms with Crippen molar-refractivity contribution in [3.63, 3.8) is 0 Å². The first-order valence-corrected chi connectivity index (χ1v) is 3.08. The molecule has 0 aromatic heterocycles. The van der Waals surface area contributed by atoms with Gasteiger partial charge in [-0.05, 0) is 33.0 Å². The Kier molecular flexibility index (Phi) is 18.9. The molecule has 0 saturated carbocycles. The van der Waals surface area contributed by atoms with Gasteiger partial charge in [-0.25, -0.2) is 0 Å². The molecule has 0 aliphatic carbocycles. The Labute approximate surface area is 101 Å². The third-order valence-corrected chi connectivity index (χ3v) is 1.58. The van der Waals surface area contributed by atoms with Crippen molar-refractivity contribution in [3.05, 3.63) is 0 Å². The van der Waals surface area contributed by atoms with Crippen LogP contribution in [0, 0.1) is 0 Å². The summed E-state index contributed by atoms with van der Waals surface area (Å²) in [7, 11) is 2.19. The average molecular weight is 283 g/mol. The van der Waals surface area contributed by atoms with Gasteiger partial charge >= 0.3 is 23.1 Å². The second-order valence-corrected chi connectivity index (χ2v) is 2.36. The Bertz CT molecular complexity index is 57.7. The van der Waals surface area contributed by atoms with E-state index in [1.54, 1.807) is 0 Å². The van der Waals surface area contributed by atoms with Gasteiger partial charge in [0.05, 0.1) is 0 Å². The summed E-state index contributed by atoms with van der Waals surface area (Å²) < 4.78 is 0. The maximum Gasteiger partial charge on any atom is 2.00 e. The molecule has 0 amide bonds. The molecule has 0 N–H and O–H groups in total. The molecule has 0 bridgehead atoms. The molecule has 1 aliphatic rings. The van der Waals surface area contributed by atoms with Crippen molar-refractivity contribution in [2.24, 2.45) is 0 Å². The van der Waals surface area contributed by atoms with Crippen LogP contribution in [0.25, 0.3) is 0 Å². The first kappa shape index (κ1) is 17.7. The van der Waals surface area contributed by atoms with Crippen molar-refractivity contribution < 1.29 is 34.0 Å². The first-order valence-electron chi connectivity index (χ1n) is 3.08. The van der Waals surface area contributed by atoms with Gasteiger partial charge in [0.25, 0.3) is 0 Å². The minimum absolute atomic E-state index is 0. The van der Waals surface area contributed by atoms with Crippen molar-refractivity contribution in [2.45, 2.75) is 19.3 Å². The van der Waals surface area contributed by atoms with Crippen LogP contribution in [0.3, 0.4) is 0 Å². The van der Waals surface area contributed by atoms with E-state index in [-0.39, 0.29) is 57.0 Å². The molecule has 0 aromatic carbocycles. The van der Waals surface area contributed by atoms with E-state index >= 15 is 0 Å². The molecule has 1 heterocycles. The van der Waals surface area contributed by atoms with Crippen molar-refractivity contribution in [1.82, 2.24) is 4.90 Å². The molecule has 0 atom stereocenters. The normalized spacial score (nSPS) is 17.7. The van der Waals surface area contributed by atoms with E-state index in [0.29, 0.717) is 0 Å². The average Bonchev–Trinajstić information content (AvgIpc) is 1.69. The van der Waals surface area contributed by atoms with Gasteiger partial charge in [0, 0.05) is 0 Å². The summed E-state index contributed by atoms with van der Waals surface area (Å²) in [6.45, 7) is 2.64. The number of piperidine rings is 1. The zero-order valence-electron chi connectivity index (χ0n) is 6.45. The van der Waals surface area contributed by atoms with Gasteiger partial charge in [0.15, 0.2) is 0 Å². The van der Waals surface area contributed by atoms with Crippen LogP contribution in [-0.2, 0) is 0 Å². The smallest absolute Gasteiger partial charge is 1.00 e. The number of halogens is 2. The quantitative estimate of drug-likeness (QED) is 0.402. The second-order valence-electron chi connectivity index (χ2n) is 2.36. The van der Waals surface area contributed by atoms with Crippen molar-refractivity contribution in [2.75, 3.05) is 20.1 Å². The zero-order valence-corrected chi connectivity index (χ0v) is 11.0. The third kappa shape index (κ3) is 7.79. The maximum atomic E-state index is 2.39. The van der Waals surface area contributed by atoms with Crippen LogP contribution in [0.2, 0.25) is 0 Å². The van der Waals surface area contributed by atoms with E-state index in [0.717, 1.165) is 0 Å². The SMILES string of the molecule is CN1CCCCC1.[Br-].[Br-].[Mg+2].